The molecule has 0 aliphatic carbocycles. The SMILES string of the molecule is ClC(Cl)(Cl)C(Cl)(Cl)c1ccccc1. The van der Waals surface area contributed by atoms with E-state index in [9.17, 15) is 0 Å². The number of benzene rings is 1. The van der Waals surface area contributed by atoms with Gasteiger partial charge >= 0.3 is 0 Å². The third kappa shape index (κ3) is 2.57. The fourth-order valence-electron chi connectivity index (χ4n) is 0.811. The van der Waals surface area contributed by atoms with Crippen LogP contribution in [0.4, 0.5) is 0 Å². The number of rotatable bonds is 1. The molecule has 1 aromatic rings. The lowest BCUT2D eigenvalue weighted by Crippen LogP contribution is -2.28. The minimum atomic E-state index is -1.75. The third-order valence-electron chi connectivity index (χ3n) is 1.49. The molecule has 0 nitrogen and oxygen atoms in total. The predicted molar refractivity (Wildman–Crippen MR) is 60.1 cm³/mol. The van der Waals surface area contributed by atoms with Crippen molar-refractivity contribution in [2.45, 2.75) is 8.13 Å². The van der Waals surface area contributed by atoms with Gasteiger partial charge in [-0.3, -0.25) is 0 Å². The van der Waals surface area contributed by atoms with E-state index in [0.29, 0.717) is 5.56 Å². The van der Waals surface area contributed by atoms with E-state index < -0.39 is 8.13 Å². The van der Waals surface area contributed by atoms with Gasteiger partial charge in [0.1, 0.15) is 0 Å². The van der Waals surface area contributed by atoms with E-state index in [2.05, 4.69) is 0 Å². The van der Waals surface area contributed by atoms with E-state index in [-0.39, 0.29) is 0 Å². The maximum absolute atomic E-state index is 5.91. The Morgan fingerprint density at radius 3 is 1.62 bits per heavy atom. The number of hydrogen-bond donors (Lipinski definition) is 0. The second-order valence-electron chi connectivity index (χ2n) is 2.44. The Morgan fingerprint density at radius 2 is 1.23 bits per heavy atom. The van der Waals surface area contributed by atoms with Crippen molar-refractivity contribution in [2.24, 2.45) is 0 Å². The monoisotopic (exact) mass is 276 g/mol. The van der Waals surface area contributed by atoms with Crippen molar-refractivity contribution >= 4 is 58.0 Å². The number of halogens is 5. The van der Waals surface area contributed by atoms with Crippen LogP contribution in [-0.4, -0.2) is 3.79 Å². The van der Waals surface area contributed by atoms with Gasteiger partial charge in [-0.25, -0.2) is 0 Å². The van der Waals surface area contributed by atoms with Gasteiger partial charge < -0.3 is 0 Å². The zero-order valence-electron chi connectivity index (χ0n) is 6.28. The smallest absolute Gasteiger partial charge is 0.0915 e. The van der Waals surface area contributed by atoms with Gasteiger partial charge in [0, 0.05) is 0 Å². The van der Waals surface area contributed by atoms with Crippen molar-refractivity contribution in [3.63, 3.8) is 0 Å². The molecule has 0 aromatic heterocycles. The zero-order chi connectivity index (χ0) is 10.1. The lowest BCUT2D eigenvalue weighted by Gasteiger charge is -2.27. The van der Waals surface area contributed by atoms with Crippen molar-refractivity contribution < 1.29 is 0 Å². The van der Waals surface area contributed by atoms with Gasteiger partial charge in [-0.15, -0.1) is 0 Å². The molecule has 0 fully saturated rings. The maximum atomic E-state index is 5.91. The molecule has 0 N–H and O–H groups in total. The first-order chi connectivity index (χ1) is 5.86. The van der Waals surface area contributed by atoms with Crippen LogP contribution in [0.25, 0.3) is 0 Å². The molecule has 0 radical (unpaired) electrons. The summed E-state index contributed by atoms with van der Waals surface area (Å²) in [6.45, 7) is 0. The van der Waals surface area contributed by atoms with Crippen LogP contribution in [0.2, 0.25) is 0 Å². The summed E-state index contributed by atoms with van der Waals surface area (Å²) in [5.41, 5.74) is 0.554. The van der Waals surface area contributed by atoms with E-state index in [4.69, 9.17) is 58.0 Å². The molecule has 0 bridgehead atoms. The van der Waals surface area contributed by atoms with Crippen molar-refractivity contribution in [1.82, 2.24) is 0 Å². The van der Waals surface area contributed by atoms with Crippen LogP contribution in [0.15, 0.2) is 30.3 Å². The van der Waals surface area contributed by atoms with Crippen LogP contribution in [0.1, 0.15) is 5.56 Å². The van der Waals surface area contributed by atoms with Crippen molar-refractivity contribution in [1.29, 1.82) is 0 Å². The Kier molecular flexibility index (Phi) is 3.65. The summed E-state index contributed by atoms with van der Waals surface area (Å²) < 4.78 is -3.28. The molecule has 1 rings (SSSR count). The van der Waals surface area contributed by atoms with E-state index >= 15 is 0 Å². The predicted octanol–water partition coefficient (Wildman–Crippen LogP) is 4.69. The zero-order valence-corrected chi connectivity index (χ0v) is 10.1. The number of alkyl halides is 5. The fourth-order valence-corrected chi connectivity index (χ4v) is 1.39. The summed E-state index contributed by atoms with van der Waals surface area (Å²) in [5, 5.41) is 0. The highest BCUT2D eigenvalue weighted by Crippen LogP contribution is 2.52. The normalized spacial score (nSPS) is 13.0. The molecule has 0 saturated carbocycles. The van der Waals surface area contributed by atoms with Crippen LogP contribution < -0.4 is 0 Å². The Balaban J connectivity index is 3.08. The van der Waals surface area contributed by atoms with E-state index in [1.54, 1.807) is 24.3 Å². The first-order valence-corrected chi connectivity index (χ1v) is 5.25. The second kappa shape index (κ2) is 4.04. The molecule has 0 unspecified atom stereocenters. The molecule has 1 aromatic carbocycles. The van der Waals surface area contributed by atoms with Gasteiger partial charge in [-0.1, -0.05) is 88.3 Å². The van der Waals surface area contributed by atoms with Gasteiger partial charge in [0.05, 0.1) is 0 Å². The Labute approximate surface area is 102 Å². The molecule has 0 atom stereocenters. The van der Waals surface area contributed by atoms with Gasteiger partial charge in [-0.05, 0) is 5.56 Å². The highest BCUT2D eigenvalue weighted by molar-refractivity contribution is 6.75. The summed E-state index contributed by atoms with van der Waals surface area (Å²) in [6.07, 6.45) is 0. The van der Waals surface area contributed by atoms with Crippen LogP contribution in [0.5, 0.6) is 0 Å². The molecule has 0 aliphatic rings. The van der Waals surface area contributed by atoms with Crippen LogP contribution in [0, 0.1) is 0 Å². The Morgan fingerprint density at radius 1 is 0.769 bits per heavy atom. The van der Waals surface area contributed by atoms with Crippen molar-refractivity contribution in [3.05, 3.63) is 35.9 Å². The van der Waals surface area contributed by atoms with Gasteiger partial charge in [0.2, 0.25) is 3.79 Å². The van der Waals surface area contributed by atoms with Crippen LogP contribution in [0.3, 0.4) is 0 Å². The Bertz CT molecular complexity index is 274. The summed E-state index contributed by atoms with van der Waals surface area (Å²) in [7, 11) is 0. The van der Waals surface area contributed by atoms with Crippen LogP contribution >= 0.6 is 58.0 Å². The van der Waals surface area contributed by atoms with Gasteiger partial charge in [-0.2, -0.15) is 0 Å². The summed E-state index contributed by atoms with van der Waals surface area (Å²) >= 11 is 28.7. The lowest BCUT2D eigenvalue weighted by molar-refractivity contribution is 0.878. The molecular formula is C8H5Cl5. The van der Waals surface area contributed by atoms with Crippen molar-refractivity contribution in [2.75, 3.05) is 0 Å². The molecule has 0 spiro atoms. The maximum Gasteiger partial charge on any atom is 0.227 e. The van der Waals surface area contributed by atoms with E-state index in [1.165, 1.54) is 0 Å². The number of hydrogen-bond acceptors (Lipinski definition) is 0. The summed E-state index contributed by atoms with van der Waals surface area (Å²) in [6, 6.07) is 8.76. The average Bonchev–Trinajstić information content (AvgIpc) is 2.04. The van der Waals surface area contributed by atoms with Gasteiger partial charge in [0.15, 0.2) is 4.33 Å². The largest absolute Gasteiger partial charge is 0.227 e. The molecule has 72 valence electrons. The first kappa shape index (κ1) is 11.7. The van der Waals surface area contributed by atoms with E-state index in [1.807, 2.05) is 6.07 Å². The molecule has 13 heavy (non-hydrogen) atoms. The second-order valence-corrected chi connectivity index (χ2v) is 6.05. The van der Waals surface area contributed by atoms with Crippen molar-refractivity contribution in [3.8, 4) is 0 Å². The molecule has 5 heteroatoms. The summed E-state index contributed by atoms with van der Waals surface area (Å²) in [5.74, 6) is 0. The van der Waals surface area contributed by atoms with Gasteiger partial charge in [0.25, 0.3) is 0 Å². The third-order valence-corrected chi connectivity index (χ3v) is 3.93. The minimum absolute atomic E-state index is 0.554. The highest BCUT2D eigenvalue weighted by Gasteiger charge is 2.47. The molecule has 0 saturated heterocycles. The highest BCUT2D eigenvalue weighted by atomic mass is 35.6. The molecular weight excluding hydrogens is 273 g/mol. The lowest BCUT2D eigenvalue weighted by atomic mass is 10.1. The topological polar surface area (TPSA) is 0 Å². The van der Waals surface area contributed by atoms with Crippen LogP contribution in [-0.2, 0) is 4.33 Å². The fraction of sp³-hybridized carbons (Fsp3) is 0.250. The molecule has 0 aliphatic heterocycles. The average molecular weight is 278 g/mol. The van der Waals surface area contributed by atoms with E-state index in [0.717, 1.165) is 0 Å². The first-order valence-electron chi connectivity index (χ1n) is 3.36. The molecule has 0 heterocycles. The quantitative estimate of drug-likeness (QED) is 0.654. The standard InChI is InChI=1S/C8H5Cl5/c9-7(10,8(11,12)13)6-4-2-1-3-5-6/h1-5H. The Hall–Kier alpha value is 0.670. The summed E-state index contributed by atoms with van der Waals surface area (Å²) in [4.78, 5) is 0. The molecule has 0 amide bonds. The minimum Gasteiger partial charge on any atom is -0.0915 e.